The maximum Gasteiger partial charge on any atom is 0.325 e. The van der Waals surface area contributed by atoms with E-state index < -0.39 is 5.54 Å². The number of amides is 1. The van der Waals surface area contributed by atoms with Gasteiger partial charge in [0.05, 0.1) is 26.1 Å². The summed E-state index contributed by atoms with van der Waals surface area (Å²) in [7, 11) is 1.38. The van der Waals surface area contributed by atoms with E-state index in [1.807, 2.05) is 9.80 Å². The quantitative estimate of drug-likeness (QED) is 0.527. The minimum absolute atomic E-state index is 0.00774. The van der Waals surface area contributed by atoms with Crippen LogP contribution in [0.4, 0.5) is 0 Å². The summed E-state index contributed by atoms with van der Waals surface area (Å²) >= 11 is 6.59. The molecule has 4 heterocycles. The number of carbonyl (C=O) groups excluding carboxylic acids is 2. The van der Waals surface area contributed by atoms with Crippen LogP contribution in [0.1, 0.15) is 26.7 Å². The van der Waals surface area contributed by atoms with Crippen molar-refractivity contribution in [1.29, 1.82) is 0 Å². The summed E-state index contributed by atoms with van der Waals surface area (Å²) in [5.74, 6) is -0.159. The second-order valence-electron chi connectivity index (χ2n) is 8.18. The first kappa shape index (κ1) is 19.3. The Balaban J connectivity index is 1.51. The monoisotopic (exact) mass is 406 g/mol. The summed E-state index contributed by atoms with van der Waals surface area (Å²) in [5, 5.41) is 0. The molecule has 0 aromatic rings. The Labute approximate surface area is 169 Å². The molecule has 1 unspecified atom stereocenters. The lowest BCUT2D eigenvalue weighted by Gasteiger charge is -2.49. The smallest absolute Gasteiger partial charge is 0.325 e. The predicted molar refractivity (Wildman–Crippen MR) is 105 cm³/mol. The van der Waals surface area contributed by atoms with Crippen molar-refractivity contribution >= 4 is 36.2 Å². The van der Waals surface area contributed by atoms with E-state index in [1.165, 1.54) is 7.11 Å². The number of hydrogen-bond acceptors (Lipinski definition) is 6. The second-order valence-corrected chi connectivity index (χ2v) is 8.74. The van der Waals surface area contributed by atoms with E-state index in [0.717, 1.165) is 24.2 Å². The third-order valence-electron chi connectivity index (χ3n) is 6.21. The van der Waals surface area contributed by atoms with Crippen LogP contribution in [0.25, 0.3) is 0 Å². The van der Waals surface area contributed by atoms with E-state index >= 15 is 0 Å². The average molecular weight is 407 g/mol. The highest BCUT2D eigenvalue weighted by molar-refractivity contribution is 6.14. The fourth-order valence-corrected chi connectivity index (χ4v) is 4.63. The molecule has 0 bridgehead atoms. The van der Waals surface area contributed by atoms with E-state index in [-0.39, 0.29) is 34.4 Å². The lowest BCUT2D eigenvalue weighted by molar-refractivity contribution is -0.592. The van der Waals surface area contributed by atoms with Gasteiger partial charge in [-0.25, -0.2) is 0 Å². The van der Waals surface area contributed by atoms with Crippen molar-refractivity contribution in [3.05, 3.63) is 23.8 Å². The Hall–Kier alpha value is -2.03. The number of allylic oxidation sites excluding steroid dienone is 1. The lowest BCUT2D eigenvalue weighted by atomic mass is 9.87. The molecule has 4 aliphatic heterocycles. The topological polar surface area (TPSA) is 74.6 Å². The summed E-state index contributed by atoms with van der Waals surface area (Å²) in [6, 6.07) is 0.0904. The van der Waals surface area contributed by atoms with Gasteiger partial charge >= 0.3 is 5.97 Å². The first-order valence-corrected chi connectivity index (χ1v) is 9.82. The van der Waals surface area contributed by atoms with E-state index in [9.17, 15) is 9.59 Å². The van der Waals surface area contributed by atoms with E-state index in [1.54, 1.807) is 38.8 Å². The molecule has 4 rings (SSSR count). The highest BCUT2D eigenvalue weighted by Crippen LogP contribution is 2.39. The predicted octanol–water partition coefficient (Wildman–Crippen LogP) is 1.64. The SMILES string of the molecule is COC(=O)C(C)(C)N1CC(=O)N2C[C@@H](C3=C4C=NC=C[N+]4(Cl)C=N3)CC[C@@H]2C1. The number of aliphatic imine (C=N–C) groups is 2. The van der Waals surface area contributed by atoms with Gasteiger partial charge in [-0.15, -0.1) is 4.00 Å². The Morgan fingerprint density at radius 1 is 1.36 bits per heavy atom. The molecule has 0 saturated carbocycles. The minimum Gasteiger partial charge on any atom is -0.468 e. The zero-order valence-corrected chi connectivity index (χ0v) is 17.1. The lowest BCUT2D eigenvalue weighted by Crippen LogP contribution is -2.65. The normalized spacial score (nSPS) is 32.6. The molecule has 150 valence electrons. The van der Waals surface area contributed by atoms with Gasteiger partial charge in [0.25, 0.3) is 0 Å². The number of halogens is 1. The van der Waals surface area contributed by atoms with Gasteiger partial charge in [0.2, 0.25) is 17.9 Å². The van der Waals surface area contributed by atoms with Gasteiger partial charge in [-0.2, -0.15) is 4.99 Å². The fraction of sp³-hybridized carbons (Fsp3) is 0.579. The molecule has 28 heavy (non-hydrogen) atoms. The number of carbonyl (C=O) groups is 2. The zero-order chi connectivity index (χ0) is 20.1. The fourth-order valence-electron chi connectivity index (χ4n) is 4.41. The van der Waals surface area contributed by atoms with Gasteiger partial charge in [0.1, 0.15) is 17.4 Å². The van der Waals surface area contributed by atoms with Crippen LogP contribution in [0, 0.1) is 5.92 Å². The average Bonchev–Trinajstić information content (AvgIpc) is 3.04. The van der Waals surface area contributed by atoms with E-state index in [4.69, 9.17) is 16.5 Å². The van der Waals surface area contributed by atoms with Crippen LogP contribution in [0.2, 0.25) is 0 Å². The second kappa shape index (κ2) is 6.79. The summed E-state index contributed by atoms with van der Waals surface area (Å²) in [4.78, 5) is 37.7. The van der Waals surface area contributed by atoms with E-state index in [2.05, 4.69) is 9.98 Å². The molecule has 0 spiro atoms. The van der Waals surface area contributed by atoms with Crippen molar-refractivity contribution in [2.75, 3.05) is 26.7 Å². The molecule has 3 atom stereocenters. The number of ether oxygens (including phenoxy) is 1. The van der Waals surface area contributed by atoms with Crippen LogP contribution in [-0.2, 0) is 14.3 Å². The number of piperazine rings is 1. The van der Waals surface area contributed by atoms with Crippen molar-refractivity contribution in [2.24, 2.45) is 15.9 Å². The highest BCUT2D eigenvalue weighted by Gasteiger charge is 2.47. The molecule has 0 aliphatic carbocycles. The Morgan fingerprint density at radius 3 is 2.89 bits per heavy atom. The first-order valence-electron chi connectivity index (χ1n) is 9.48. The van der Waals surface area contributed by atoms with Crippen molar-refractivity contribution in [2.45, 2.75) is 38.3 Å². The number of esters is 1. The van der Waals surface area contributed by atoms with Crippen molar-refractivity contribution < 1.29 is 18.3 Å². The van der Waals surface area contributed by atoms with Gasteiger partial charge in [-0.05, 0) is 26.7 Å². The number of rotatable bonds is 3. The summed E-state index contributed by atoms with van der Waals surface area (Å²) in [6.07, 6.45) is 8.64. The number of fused-ring (bicyclic) bond motifs is 2. The van der Waals surface area contributed by atoms with Crippen molar-refractivity contribution in [1.82, 2.24) is 9.80 Å². The Kier molecular flexibility index (Phi) is 4.68. The van der Waals surface area contributed by atoms with Crippen LogP contribution in [-0.4, -0.2) is 76.6 Å². The molecular weight excluding hydrogens is 382 g/mol. The molecule has 8 nitrogen and oxygen atoms in total. The van der Waals surface area contributed by atoms with Gasteiger partial charge in [-0.1, -0.05) is 0 Å². The van der Waals surface area contributed by atoms with Crippen LogP contribution in [0.3, 0.4) is 0 Å². The number of methoxy groups -OCH3 is 1. The molecule has 2 saturated heterocycles. The van der Waals surface area contributed by atoms with Gasteiger partial charge in [0.15, 0.2) is 11.8 Å². The minimum atomic E-state index is -0.825. The number of quaternary nitrogens is 1. The highest BCUT2D eigenvalue weighted by atomic mass is 35.5. The largest absolute Gasteiger partial charge is 0.468 e. The number of nitrogens with zero attached hydrogens (tertiary/aromatic N) is 5. The molecule has 0 aromatic carbocycles. The summed E-state index contributed by atoms with van der Waals surface area (Å²) in [5.41, 5.74) is 0.936. The van der Waals surface area contributed by atoms with Crippen LogP contribution >= 0.6 is 11.8 Å². The number of hydrogen-bond donors (Lipinski definition) is 0. The van der Waals surface area contributed by atoms with Gasteiger partial charge in [-0.3, -0.25) is 19.5 Å². The zero-order valence-electron chi connectivity index (χ0n) is 16.3. The molecule has 1 amide bonds. The number of piperidine rings is 1. The summed E-state index contributed by atoms with van der Waals surface area (Å²) < 4.78 is 4.93. The molecule has 4 aliphatic rings. The third kappa shape index (κ3) is 3.00. The first-order chi connectivity index (χ1) is 13.3. The standard InChI is InChI=1S/C19H25ClN5O3/c1-19(2,18(27)28-3)23-10-14-5-4-13(9-24(14)16(26)11-23)17-15-8-21-6-7-25(15,20)12-22-17/h6-8,12-14H,4-5,9-11H2,1-3H3/q+1/t13-,14+,25?/m0/s1. The van der Waals surface area contributed by atoms with Crippen molar-refractivity contribution in [3.8, 4) is 0 Å². The summed E-state index contributed by atoms with van der Waals surface area (Å²) in [6.45, 7) is 5.10. The van der Waals surface area contributed by atoms with Crippen molar-refractivity contribution in [3.63, 3.8) is 0 Å². The van der Waals surface area contributed by atoms with Crippen LogP contribution in [0.15, 0.2) is 33.8 Å². The molecule has 0 aromatic heterocycles. The Bertz CT molecular complexity index is 833. The maximum absolute atomic E-state index is 12.9. The van der Waals surface area contributed by atoms with Crippen LogP contribution in [0.5, 0.6) is 0 Å². The Morgan fingerprint density at radius 2 is 2.14 bits per heavy atom. The van der Waals surface area contributed by atoms with Gasteiger partial charge in [0, 0.05) is 25.0 Å². The molecular formula is C19H25ClN5O3+. The van der Waals surface area contributed by atoms with Crippen LogP contribution < -0.4 is 0 Å². The van der Waals surface area contributed by atoms with E-state index in [0.29, 0.717) is 13.1 Å². The molecule has 0 radical (unpaired) electrons. The third-order valence-corrected chi connectivity index (χ3v) is 6.59. The molecule has 2 fully saturated rings. The van der Waals surface area contributed by atoms with Gasteiger partial charge < -0.3 is 9.64 Å². The maximum atomic E-state index is 12.9. The molecule has 0 N–H and O–H groups in total. The molecule has 9 heteroatoms.